The molecule has 0 saturated carbocycles. The molecule has 0 aliphatic rings. The van der Waals surface area contributed by atoms with E-state index in [0.29, 0.717) is 0 Å². The van der Waals surface area contributed by atoms with Gasteiger partial charge in [0.1, 0.15) is 0 Å². The van der Waals surface area contributed by atoms with Crippen LogP contribution in [0.1, 0.15) is 6.92 Å². The van der Waals surface area contributed by atoms with E-state index in [-0.39, 0.29) is 0 Å². The van der Waals surface area contributed by atoms with E-state index in [2.05, 4.69) is 24.2 Å². The SMILES string of the molecule is C=C/C(C)=C/N=C/S. The van der Waals surface area contributed by atoms with Crippen LogP contribution in [0.15, 0.2) is 29.4 Å². The van der Waals surface area contributed by atoms with E-state index in [9.17, 15) is 0 Å². The van der Waals surface area contributed by atoms with Crippen molar-refractivity contribution in [2.24, 2.45) is 4.99 Å². The Morgan fingerprint density at radius 1 is 1.75 bits per heavy atom. The minimum absolute atomic E-state index is 1.04. The van der Waals surface area contributed by atoms with Gasteiger partial charge in [-0.15, -0.1) is 12.6 Å². The zero-order valence-electron chi connectivity index (χ0n) is 4.83. The fourth-order valence-corrected chi connectivity index (χ4v) is 0.270. The van der Waals surface area contributed by atoms with E-state index >= 15 is 0 Å². The number of thiol groups is 1. The number of rotatable bonds is 2. The summed E-state index contributed by atoms with van der Waals surface area (Å²) in [7, 11) is 0. The topological polar surface area (TPSA) is 12.4 Å². The smallest absolute Gasteiger partial charge is 0.0566 e. The largest absolute Gasteiger partial charge is 0.258 e. The van der Waals surface area contributed by atoms with Gasteiger partial charge in [0.2, 0.25) is 0 Å². The van der Waals surface area contributed by atoms with Gasteiger partial charge in [-0.1, -0.05) is 12.7 Å². The Bertz CT molecular complexity index is 124. The molecule has 0 unspecified atom stereocenters. The van der Waals surface area contributed by atoms with Gasteiger partial charge in [-0.3, -0.25) is 4.99 Å². The van der Waals surface area contributed by atoms with Crippen molar-refractivity contribution in [3.63, 3.8) is 0 Å². The van der Waals surface area contributed by atoms with E-state index in [1.165, 1.54) is 5.55 Å². The molecule has 44 valence electrons. The molecule has 0 radical (unpaired) electrons. The zero-order chi connectivity index (χ0) is 6.41. The van der Waals surface area contributed by atoms with Crippen molar-refractivity contribution in [2.45, 2.75) is 6.92 Å². The molecule has 0 fully saturated rings. The van der Waals surface area contributed by atoms with E-state index in [1.807, 2.05) is 6.92 Å². The van der Waals surface area contributed by atoms with Gasteiger partial charge in [-0.05, 0) is 12.5 Å². The van der Waals surface area contributed by atoms with Crippen molar-refractivity contribution in [1.29, 1.82) is 0 Å². The average Bonchev–Trinajstić information content (AvgIpc) is 1.83. The Morgan fingerprint density at radius 3 is 2.75 bits per heavy atom. The summed E-state index contributed by atoms with van der Waals surface area (Å²) in [5.74, 6) is 0. The highest BCUT2D eigenvalue weighted by Gasteiger charge is 1.71. The van der Waals surface area contributed by atoms with Gasteiger partial charge in [0.25, 0.3) is 0 Å². The molecule has 0 aromatic heterocycles. The van der Waals surface area contributed by atoms with E-state index in [0.717, 1.165) is 5.57 Å². The molecule has 0 aliphatic heterocycles. The van der Waals surface area contributed by atoms with Gasteiger partial charge in [-0.25, -0.2) is 0 Å². The summed E-state index contributed by atoms with van der Waals surface area (Å²) in [5, 5.41) is 0. The number of hydrogen-bond acceptors (Lipinski definition) is 1. The lowest BCUT2D eigenvalue weighted by molar-refractivity contribution is 1.45. The van der Waals surface area contributed by atoms with Gasteiger partial charge in [0.15, 0.2) is 0 Å². The summed E-state index contributed by atoms with van der Waals surface area (Å²) in [4.78, 5) is 3.75. The van der Waals surface area contributed by atoms with Gasteiger partial charge in [0.05, 0.1) is 5.55 Å². The predicted octanol–water partition coefficient (Wildman–Crippen LogP) is 2.03. The molecule has 0 atom stereocenters. The highest BCUT2D eigenvalue weighted by atomic mass is 32.1. The Morgan fingerprint density at radius 2 is 2.38 bits per heavy atom. The van der Waals surface area contributed by atoms with E-state index in [1.54, 1.807) is 12.3 Å². The molecule has 0 aromatic rings. The maximum Gasteiger partial charge on any atom is 0.0566 e. The first-order valence-electron chi connectivity index (χ1n) is 2.26. The molecule has 0 amide bonds. The lowest BCUT2D eigenvalue weighted by atomic mass is 10.3. The third-order valence-corrected chi connectivity index (χ3v) is 0.800. The maximum atomic E-state index is 3.76. The van der Waals surface area contributed by atoms with Crippen LogP contribution < -0.4 is 0 Å². The molecule has 8 heavy (non-hydrogen) atoms. The number of aliphatic imine (C=N–C) groups is 1. The first kappa shape index (κ1) is 7.50. The van der Waals surface area contributed by atoms with Crippen LogP contribution in [-0.2, 0) is 0 Å². The molecule has 0 aromatic carbocycles. The first-order chi connectivity index (χ1) is 3.81. The minimum Gasteiger partial charge on any atom is -0.258 e. The molecular formula is C6H9NS. The van der Waals surface area contributed by atoms with Crippen molar-refractivity contribution >= 4 is 18.2 Å². The minimum atomic E-state index is 1.04. The van der Waals surface area contributed by atoms with Gasteiger partial charge in [0, 0.05) is 6.20 Å². The van der Waals surface area contributed by atoms with Crippen molar-refractivity contribution in [3.8, 4) is 0 Å². The normalized spacial score (nSPS) is 12.5. The second-order valence-corrected chi connectivity index (χ2v) is 1.57. The van der Waals surface area contributed by atoms with Crippen molar-refractivity contribution in [2.75, 3.05) is 0 Å². The molecule has 1 nitrogen and oxygen atoms in total. The van der Waals surface area contributed by atoms with Crippen LogP contribution in [0.3, 0.4) is 0 Å². The summed E-state index contributed by atoms with van der Waals surface area (Å²) in [5.41, 5.74) is 2.47. The lowest BCUT2D eigenvalue weighted by Gasteiger charge is -1.80. The molecule has 0 saturated heterocycles. The summed E-state index contributed by atoms with van der Waals surface area (Å²) in [6.45, 7) is 5.47. The second kappa shape index (κ2) is 4.65. The van der Waals surface area contributed by atoms with Crippen LogP contribution >= 0.6 is 12.6 Å². The van der Waals surface area contributed by atoms with Crippen LogP contribution in [0.25, 0.3) is 0 Å². The van der Waals surface area contributed by atoms with Crippen molar-refractivity contribution < 1.29 is 0 Å². The lowest BCUT2D eigenvalue weighted by Crippen LogP contribution is -1.61. The Kier molecular flexibility index (Phi) is 4.36. The van der Waals surface area contributed by atoms with Crippen molar-refractivity contribution in [1.82, 2.24) is 0 Å². The van der Waals surface area contributed by atoms with Gasteiger partial charge >= 0.3 is 0 Å². The number of allylic oxidation sites excluding steroid dienone is 2. The molecule has 0 aliphatic carbocycles. The molecule has 0 N–H and O–H groups in total. The third kappa shape index (κ3) is 3.68. The maximum absolute atomic E-state index is 3.76. The van der Waals surface area contributed by atoms with Crippen LogP contribution in [0.2, 0.25) is 0 Å². The molecule has 2 heteroatoms. The monoisotopic (exact) mass is 127 g/mol. The average molecular weight is 127 g/mol. The van der Waals surface area contributed by atoms with Gasteiger partial charge < -0.3 is 0 Å². The Labute approximate surface area is 55.2 Å². The first-order valence-corrected chi connectivity index (χ1v) is 2.78. The molecule has 0 heterocycles. The highest BCUT2D eigenvalue weighted by molar-refractivity contribution is 7.94. The summed E-state index contributed by atoms with van der Waals surface area (Å²) < 4.78 is 0. The number of nitrogens with zero attached hydrogens (tertiary/aromatic N) is 1. The molecule has 0 spiro atoms. The Balaban J connectivity index is 3.74. The van der Waals surface area contributed by atoms with Crippen LogP contribution in [0, 0.1) is 0 Å². The standard InChI is InChI=1S/C6H9NS/c1-3-6(2)4-7-5-8/h3-5H,1H2,2H3,(H,7,8)/b6-4+. The van der Waals surface area contributed by atoms with Crippen LogP contribution in [-0.4, -0.2) is 5.55 Å². The summed E-state index contributed by atoms with van der Waals surface area (Å²) >= 11 is 3.76. The predicted molar refractivity (Wildman–Crippen MR) is 41.4 cm³/mol. The Hall–Kier alpha value is -0.500. The fraction of sp³-hybridized carbons (Fsp3) is 0.167. The van der Waals surface area contributed by atoms with Gasteiger partial charge in [-0.2, -0.15) is 0 Å². The van der Waals surface area contributed by atoms with E-state index < -0.39 is 0 Å². The fourth-order valence-electron chi connectivity index (χ4n) is 0.204. The highest BCUT2D eigenvalue weighted by Crippen LogP contribution is 1.91. The number of hydrogen-bond donors (Lipinski definition) is 1. The second-order valence-electron chi connectivity index (χ2n) is 1.34. The summed E-state index contributed by atoms with van der Waals surface area (Å²) in [6.07, 6.45) is 3.43. The molecular weight excluding hydrogens is 118 g/mol. The van der Waals surface area contributed by atoms with Crippen molar-refractivity contribution in [3.05, 3.63) is 24.4 Å². The van der Waals surface area contributed by atoms with Crippen LogP contribution in [0.4, 0.5) is 0 Å². The quantitative estimate of drug-likeness (QED) is 0.252. The third-order valence-electron chi connectivity index (χ3n) is 0.667. The summed E-state index contributed by atoms with van der Waals surface area (Å²) in [6, 6.07) is 0. The van der Waals surface area contributed by atoms with Crippen LogP contribution in [0.5, 0.6) is 0 Å². The van der Waals surface area contributed by atoms with E-state index in [4.69, 9.17) is 0 Å². The molecule has 0 bridgehead atoms. The zero-order valence-corrected chi connectivity index (χ0v) is 5.73. The molecule has 0 rings (SSSR count).